The summed E-state index contributed by atoms with van der Waals surface area (Å²) in [5.74, 6) is 0.753. The van der Waals surface area contributed by atoms with Gasteiger partial charge in [-0.15, -0.1) is 0 Å². The lowest BCUT2D eigenvalue weighted by Crippen LogP contribution is -1.81. The molecule has 0 heterocycles. The standard InChI is InChI=1S/C11H18/c1-5-7-11(4)9-6-8-10(2)3/h5-7,9-10H,1,8H2,2-4H3/b9-6-,11-7-. The van der Waals surface area contributed by atoms with Gasteiger partial charge in [0.15, 0.2) is 0 Å². The lowest BCUT2D eigenvalue weighted by molar-refractivity contribution is 0.663. The van der Waals surface area contributed by atoms with Gasteiger partial charge in [0.05, 0.1) is 0 Å². The molecule has 0 unspecified atom stereocenters. The van der Waals surface area contributed by atoms with Crippen LogP contribution in [-0.2, 0) is 0 Å². The first kappa shape index (κ1) is 10.2. The van der Waals surface area contributed by atoms with Crippen LogP contribution in [0.3, 0.4) is 0 Å². The summed E-state index contributed by atoms with van der Waals surface area (Å²) in [6, 6.07) is 0. The van der Waals surface area contributed by atoms with Crippen LogP contribution in [0.2, 0.25) is 0 Å². The van der Waals surface area contributed by atoms with E-state index in [-0.39, 0.29) is 0 Å². The van der Waals surface area contributed by atoms with Gasteiger partial charge >= 0.3 is 0 Å². The summed E-state index contributed by atoms with van der Waals surface area (Å²) in [6.07, 6.45) is 9.33. The molecule has 0 N–H and O–H groups in total. The molecule has 0 atom stereocenters. The third kappa shape index (κ3) is 7.11. The van der Waals surface area contributed by atoms with Crippen molar-refractivity contribution in [3.8, 4) is 0 Å². The zero-order valence-corrected chi connectivity index (χ0v) is 7.80. The van der Waals surface area contributed by atoms with Gasteiger partial charge in [0.2, 0.25) is 0 Å². The van der Waals surface area contributed by atoms with Gasteiger partial charge in [0, 0.05) is 0 Å². The molecule has 0 saturated carbocycles. The second-order valence-electron chi connectivity index (χ2n) is 3.18. The Morgan fingerprint density at radius 3 is 2.55 bits per heavy atom. The summed E-state index contributed by atoms with van der Waals surface area (Å²) in [5.41, 5.74) is 1.26. The maximum absolute atomic E-state index is 3.63. The van der Waals surface area contributed by atoms with E-state index >= 15 is 0 Å². The van der Waals surface area contributed by atoms with Crippen molar-refractivity contribution in [1.82, 2.24) is 0 Å². The zero-order valence-electron chi connectivity index (χ0n) is 7.80. The Labute approximate surface area is 70.3 Å². The highest BCUT2D eigenvalue weighted by Crippen LogP contribution is 2.02. The fraction of sp³-hybridized carbons (Fsp3) is 0.455. The minimum Gasteiger partial charge on any atom is -0.0991 e. The van der Waals surface area contributed by atoms with Crippen LogP contribution in [0.4, 0.5) is 0 Å². The molecular formula is C11H18. The number of rotatable bonds is 4. The van der Waals surface area contributed by atoms with Crippen LogP contribution < -0.4 is 0 Å². The van der Waals surface area contributed by atoms with Gasteiger partial charge in [-0.3, -0.25) is 0 Å². The molecule has 0 radical (unpaired) electrons. The largest absolute Gasteiger partial charge is 0.0991 e. The zero-order chi connectivity index (χ0) is 8.69. The Kier molecular flexibility index (Phi) is 5.54. The summed E-state index contributed by atoms with van der Waals surface area (Å²) < 4.78 is 0. The van der Waals surface area contributed by atoms with Gasteiger partial charge in [0.1, 0.15) is 0 Å². The molecule has 0 aromatic rings. The van der Waals surface area contributed by atoms with E-state index in [1.807, 2.05) is 12.2 Å². The Hall–Kier alpha value is -0.780. The minimum absolute atomic E-state index is 0.753. The quantitative estimate of drug-likeness (QED) is 0.536. The monoisotopic (exact) mass is 150 g/mol. The maximum atomic E-state index is 3.63. The van der Waals surface area contributed by atoms with Crippen molar-refractivity contribution in [3.05, 3.63) is 36.5 Å². The van der Waals surface area contributed by atoms with Gasteiger partial charge in [-0.25, -0.2) is 0 Å². The minimum atomic E-state index is 0.753. The second-order valence-corrected chi connectivity index (χ2v) is 3.18. The molecule has 0 spiro atoms. The molecule has 0 amide bonds. The molecule has 0 rings (SSSR count). The van der Waals surface area contributed by atoms with Gasteiger partial charge in [-0.1, -0.05) is 50.3 Å². The number of allylic oxidation sites excluding steroid dienone is 5. The fourth-order valence-corrected chi connectivity index (χ4v) is 0.768. The summed E-state index contributed by atoms with van der Waals surface area (Å²) in [7, 11) is 0. The van der Waals surface area contributed by atoms with Crippen molar-refractivity contribution in [2.75, 3.05) is 0 Å². The molecule has 0 bridgehead atoms. The molecule has 0 aliphatic rings. The molecular weight excluding hydrogens is 132 g/mol. The molecule has 0 aromatic heterocycles. The first-order valence-corrected chi connectivity index (χ1v) is 4.12. The van der Waals surface area contributed by atoms with Crippen molar-refractivity contribution in [2.45, 2.75) is 27.2 Å². The van der Waals surface area contributed by atoms with E-state index in [1.54, 1.807) is 0 Å². The average molecular weight is 150 g/mol. The van der Waals surface area contributed by atoms with E-state index in [1.165, 1.54) is 5.57 Å². The van der Waals surface area contributed by atoms with E-state index in [9.17, 15) is 0 Å². The molecule has 11 heavy (non-hydrogen) atoms. The van der Waals surface area contributed by atoms with Gasteiger partial charge in [-0.05, 0) is 19.3 Å². The molecule has 0 aliphatic carbocycles. The van der Waals surface area contributed by atoms with E-state index in [4.69, 9.17) is 0 Å². The predicted molar refractivity (Wildman–Crippen MR) is 52.5 cm³/mol. The normalized spacial score (nSPS) is 12.9. The van der Waals surface area contributed by atoms with Crippen molar-refractivity contribution in [1.29, 1.82) is 0 Å². The molecule has 0 nitrogen and oxygen atoms in total. The molecule has 0 aliphatic heterocycles. The highest BCUT2D eigenvalue weighted by atomic mass is 13.9. The molecule has 62 valence electrons. The van der Waals surface area contributed by atoms with Crippen molar-refractivity contribution >= 4 is 0 Å². The van der Waals surface area contributed by atoms with Crippen LogP contribution in [0.25, 0.3) is 0 Å². The number of hydrogen-bond donors (Lipinski definition) is 0. The summed E-state index contributed by atoms with van der Waals surface area (Å²) >= 11 is 0. The van der Waals surface area contributed by atoms with Crippen LogP contribution in [0.1, 0.15) is 27.2 Å². The van der Waals surface area contributed by atoms with Crippen molar-refractivity contribution in [3.63, 3.8) is 0 Å². The maximum Gasteiger partial charge on any atom is -0.0324 e. The van der Waals surface area contributed by atoms with E-state index < -0.39 is 0 Å². The van der Waals surface area contributed by atoms with E-state index in [0.717, 1.165) is 12.3 Å². The Morgan fingerprint density at radius 1 is 1.45 bits per heavy atom. The first-order valence-electron chi connectivity index (χ1n) is 4.12. The SMILES string of the molecule is C=C/C=C(C)\C=C/CC(C)C. The molecule has 0 saturated heterocycles. The van der Waals surface area contributed by atoms with Crippen LogP contribution in [0.15, 0.2) is 36.5 Å². The summed E-state index contributed by atoms with van der Waals surface area (Å²) in [4.78, 5) is 0. The smallest absolute Gasteiger partial charge is 0.0324 e. The molecule has 0 heteroatoms. The Morgan fingerprint density at radius 2 is 2.09 bits per heavy atom. The second kappa shape index (κ2) is 5.96. The Balaban J connectivity index is 3.73. The first-order chi connectivity index (χ1) is 5.16. The topological polar surface area (TPSA) is 0 Å². The highest BCUT2D eigenvalue weighted by molar-refractivity contribution is 5.20. The average Bonchev–Trinajstić information content (AvgIpc) is 1.87. The number of hydrogen-bond acceptors (Lipinski definition) is 0. The van der Waals surface area contributed by atoms with Crippen LogP contribution in [0.5, 0.6) is 0 Å². The van der Waals surface area contributed by atoms with E-state index in [0.29, 0.717) is 0 Å². The van der Waals surface area contributed by atoms with E-state index in [2.05, 4.69) is 39.5 Å². The lowest BCUT2D eigenvalue weighted by atomic mass is 10.1. The lowest BCUT2D eigenvalue weighted by Gasteiger charge is -1.96. The Bertz CT molecular complexity index is 159. The van der Waals surface area contributed by atoms with Crippen LogP contribution in [-0.4, -0.2) is 0 Å². The van der Waals surface area contributed by atoms with Crippen LogP contribution in [0, 0.1) is 5.92 Å². The summed E-state index contributed by atoms with van der Waals surface area (Å²) in [6.45, 7) is 10.2. The fourth-order valence-electron chi connectivity index (χ4n) is 0.768. The predicted octanol–water partition coefficient (Wildman–Crippen LogP) is 3.72. The van der Waals surface area contributed by atoms with Gasteiger partial charge in [-0.2, -0.15) is 0 Å². The third-order valence-electron chi connectivity index (χ3n) is 1.37. The molecule has 0 aromatic carbocycles. The van der Waals surface area contributed by atoms with Crippen molar-refractivity contribution < 1.29 is 0 Å². The van der Waals surface area contributed by atoms with Crippen LogP contribution >= 0.6 is 0 Å². The summed E-state index contributed by atoms with van der Waals surface area (Å²) in [5, 5.41) is 0. The van der Waals surface area contributed by atoms with Gasteiger partial charge < -0.3 is 0 Å². The third-order valence-corrected chi connectivity index (χ3v) is 1.37. The van der Waals surface area contributed by atoms with Gasteiger partial charge in [0.25, 0.3) is 0 Å². The highest BCUT2D eigenvalue weighted by Gasteiger charge is 1.86. The molecule has 0 fully saturated rings. The van der Waals surface area contributed by atoms with Crippen molar-refractivity contribution in [2.24, 2.45) is 5.92 Å².